The summed E-state index contributed by atoms with van der Waals surface area (Å²) in [5, 5.41) is 3.64. The molecule has 0 fully saturated rings. The maximum Gasteiger partial charge on any atom is 0.334 e. The minimum atomic E-state index is -2.21. The van der Waals surface area contributed by atoms with E-state index in [1.807, 2.05) is 25.1 Å². The van der Waals surface area contributed by atoms with Gasteiger partial charge in [-0.05, 0) is 43.3 Å². The van der Waals surface area contributed by atoms with Crippen LogP contribution in [0.5, 0.6) is 0 Å². The Morgan fingerprint density at radius 2 is 1.07 bits per heavy atom. The molecule has 4 heteroatoms. The predicted octanol–water partition coefficient (Wildman–Crippen LogP) is 0.814. The van der Waals surface area contributed by atoms with Gasteiger partial charge < -0.3 is 21.7 Å². The van der Waals surface area contributed by atoms with Gasteiger partial charge in [-0.1, -0.05) is 54.6 Å². The van der Waals surface area contributed by atoms with Crippen LogP contribution in [0.2, 0.25) is 0 Å². The summed E-state index contributed by atoms with van der Waals surface area (Å²) in [6, 6.07) is 31.4. The SMILES string of the molecule is CC1=CC(=O)OC1[P+](c1ccccc1)(c1ccccc1)c1ccccc1.[Br-]. The van der Waals surface area contributed by atoms with Gasteiger partial charge in [0.25, 0.3) is 0 Å². The third-order valence-corrected chi connectivity index (χ3v) is 9.36. The van der Waals surface area contributed by atoms with Crippen molar-refractivity contribution in [1.82, 2.24) is 0 Å². The second kappa shape index (κ2) is 8.21. The number of esters is 1. The Morgan fingerprint density at radius 1 is 0.704 bits per heavy atom. The van der Waals surface area contributed by atoms with E-state index >= 15 is 0 Å². The highest BCUT2D eigenvalue weighted by Gasteiger charge is 2.57. The smallest absolute Gasteiger partial charge is 0.334 e. The van der Waals surface area contributed by atoms with Gasteiger partial charge in [-0.25, -0.2) is 4.79 Å². The van der Waals surface area contributed by atoms with Gasteiger partial charge in [-0.3, -0.25) is 0 Å². The fraction of sp³-hybridized carbons (Fsp3) is 0.0870. The van der Waals surface area contributed by atoms with Gasteiger partial charge in [-0.2, -0.15) is 0 Å². The molecule has 0 amide bonds. The highest BCUT2D eigenvalue weighted by Crippen LogP contribution is 2.63. The van der Waals surface area contributed by atoms with Crippen LogP contribution in [-0.2, 0) is 9.53 Å². The first-order valence-electron chi connectivity index (χ1n) is 8.67. The van der Waals surface area contributed by atoms with Crippen molar-refractivity contribution in [2.24, 2.45) is 0 Å². The Labute approximate surface area is 171 Å². The molecule has 0 spiro atoms. The first-order chi connectivity index (χ1) is 12.7. The maximum atomic E-state index is 12.1. The molecule has 1 atom stereocenters. The zero-order valence-electron chi connectivity index (χ0n) is 15.0. The molecule has 136 valence electrons. The van der Waals surface area contributed by atoms with Crippen LogP contribution in [-0.4, -0.2) is 11.8 Å². The molecule has 0 aliphatic carbocycles. The predicted molar refractivity (Wildman–Crippen MR) is 109 cm³/mol. The van der Waals surface area contributed by atoms with Gasteiger partial charge in [0.1, 0.15) is 15.9 Å². The molecule has 27 heavy (non-hydrogen) atoms. The molecule has 3 aromatic carbocycles. The number of hydrogen-bond acceptors (Lipinski definition) is 2. The van der Waals surface area contributed by atoms with Gasteiger partial charge in [0, 0.05) is 11.6 Å². The fourth-order valence-corrected chi connectivity index (χ4v) is 8.30. The van der Waals surface area contributed by atoms with E-state index in [2.05, 4.69) is 72.8 Å². The van der Waals surface area contributed by atoms with Crippen molar-refractivity contribution >= 4 is 29.1 Å². The standard InChI is InChI=1S/C23H20O2P.BrH/c1-18-17-22(24)25-23(18)26(19-11-5-2-6-12-19,20-13-7-3-8-14-20)21-15-9-4-10-16-21;/h2-17,23H,1H3;1H/q+1;/p-1. The lowest BCUT2D eigenvalue weighted by Gasteiger charge is -2.32. The zero-order chi connectivity index (χ0) is 18.0. The second-order valence-electron chi connectivity index (χ2n) is 6.41. The normalized spacial score (nSPS) is 16.3. The van der Waals surface area contributed by atoms with Crippen LogP contribution in [0.4, 0.5) is 0 Å². The summed E-state index contributed by atoms with van der Waals surface area (Å²) in [5.74, 6) is -0.526. The number of ether oxygens (including phenoxy) is 1. The molecule has 0 radical (unpaired) electrons. The van der Waals surface area contributed by atoms with Crippen LogP contribution >= 0.6 is 7.26 Å². The van der Waals surface area contributed by atoms with E-state index < -0.39 is 7.26 Å². The summed E-state index contributed by atoms with van der Waals surface area (Å²) in [6.07, 6.45) is 1.63. The fourth-order valence-electron chi connectivity index (χ4n) is 3.72. The summed E-state index contributed by atoms with van der Waals surface area (Å²) in [7, 11) is -2.21. The number of rotatable bonds is 4. The minimum absolute atomic E-state index is 0. The molecule has 1 unspecified atom stereocenters. The van der Waals surface area contributed by atoms with Crippen LogP contribution in [0.3, 0.4) is 0 Å². The first-order valence-corrected chi connectivity index (χ1v) is 10.5. The molecule has 0 N–H and O–H groups in total. The van der Waals surface area contributed by atoms with Crippen molar-refractivity contribution < 1.29 is 26.5 Å². The Morgan fingerprint density at radius 3 is 1.37 bits per heavy atom. The summed E-state index contributed by atoms with van der Waals surface area (Å²) >= 11 is 0. The molecule has 1 aliphatic heterocycles. The molecule has 1 aliphatic rings. The molecule has 0 saturated carbocycles. The van der Waals surface area contributed by atoms with Crippen molar-refractivity contribution in [2.75, 3.05) is 0 Å². The van der Waals surface area contributed by atoms with Crippen LogP contribution in [0.15, 0.2) is 103 Å². The van der Waals surface area contributed by atoms with Gasteiger partial charge in [0.05, 0.1) is 0 Å². The summed E-state index contributed by atoms with van der Waals surface area (Å²) in [5.41, 5.74) is 0.986. The summed E-state index contributed by atoms with van der Waals surface area (Å²) in [6.45, 7) is 2.00. The average Bonchev–Trinajstić information content (AvgIpc) is 3.03. The molecule has 0 bridgehead atoms. The molecule has 0 saturated heterocycles. The topological polar surface area (TPSA) is 26.3 Å². The monoisotopic (exact) mass is 438 g/mol. The number of cyclic esters (lactones) is 1. The lowest BCUT2D eigenvalue weighted by Crippen LogP contribution is -3.00. The Bertz CT molecular complexity index is 843. The molecule has 1 heterocycles. The largest absolute Gasteiger partial charge is 1.00 e. The van der Waals surface area contributed by atoms with E-state index in [1.165, 1.54) is 15.9 Å². The second-order valence-corrected chi connectivity index (χ2v) is 9.87. The van der Waals surface area contributed by atoms with Crippen LogP contribution in [0.25, 0.3) is 0 Å². The maximum absolute atomic E-state index is 12.1. The molecular weight excluding hydrogens is 419 g/mol. The van der Waals surface area contributed by atoms with Crippen LogP contribution < -0.4 is 32.9 Å². The number of benzene rings is 3. The van der Waals surface area contributed by atoms with Gasteiger partial charge in [-0.15, -0.1) is 0 Å². The number of carbonyl (C=O) groups is 1. The van der Waals surface area contributed by atoms with E-state index in [1.54, 1.807) is 6.08 Å². The Balaban J connectivity index is 0.00000210. The highest BCUT2D eigenvalue weighted by molar-refractivity contribution is 7.96. The van der Waals surface area contributed by atoms with Gasteiger partial charge in [0.15, 0.2) is 7.26 Å². The van der Waals surface area contributed by atoms with E-state index in [9.17, 15) is 4.79 Å². The number of carbonyl (C=O) groups excluding carboxylic acids is 1. The van der Waals surface area contributed by atoms with E-state index in [4.69, 9.17) is 4.74 Å². The molecule has 2 nitrogen and oxygen atoms in total. The minimum Gasteiger partial charge on any atom is -1.00 e. The average molecular weight is 439 g/mol. The molecule has 3 aromatic rings. The van der Waals surface area contributed by atoms with E-state index in [-0.39, 0.29) is 28.8 Å². The third-order valence-electron chi connectivity index (χ3n) is 4.80. The van der Waals surface area contributed by atoms with Crippen LogP contribution in [0, 0.1) is 0 Å². The van der Waals surface area contributed by atoms with E-state index in [0.717, 1.165) is 5.57 Å². The summed E-state index contributed by atoms with van der Waals surface area (Å²) < 4.78 is 5.92. The first kappa shape index (κ1) is 19.5. The summed E-state index contributed by atoms with van der Waals surface area (Å²) in [4.78, 5) is 12.1. The molecule has 0 aromatic heterocycles. The van der Waals surface area contributed by atoms with Crippen molar-refractivity contribution in [3.63, 3.8) is 0 Å². The molecule has 4 rings (SSSR count). The van der Waals surface area contributed by atoms with Crippen molar-refractivity contribution in [2.45, 2.75) is 12.8 Å². The van der Waals surface area contributed by atoms with Gasteiger partial charge in [0.2, 0.25) is 5.85 Å². The van der Waals surface area contributed by atoms with Crippen molar-refractivity contribution in [1.29, 1.82) is 0 Å². The quantitative estimate of drug-likeness (QED) is 0.445. The van der Waals surface area contributed by atoms with Crippen molar-refractivity contribution in [3.05, 3.63) is 103 Å². The molecular formula is C23H20BrO2P. The Hall–Kier alpha value is -2.22. The number of hydrogen-bond donors (Lipinski definition) is 0. The van der Waals surface area contributed by atoms with E-state index in [0.29, 0.717) is 0 Å². The lowest BCUT2D eigenvalue weighted by atomic mass is 10.3. The van der Waals surface area contributed by atoms with Gasteiger partial charge >= 0.3 is 5.97 Å². The van der Waals surface area contributed by atoms with Crippen LogP contribution in [0.1, 0.15) is 6.92 Å². The lowest BCUT2D eigenvalue weighted by molar-refractivity contribution is -0.136. The zero-order valence-corrected chi connectivity index (χ0v) is 17.4. The Kier molecular flexibility index (Phi) is 5.94. The third kappa shape index (κ3) is 3.38. The van der Waals surface area contributed by atoms with Crippen molar-refractivity contribution in [3.8, 4) is 0 Å². The highest BCUT2D eigenvalue weighted by atomic mass is 79.9. The number of halogens is 1.